The van der Waals surface area contributed by atoms with Crippen molar-refractivity contribution >= 4 is 12.0 Å². The average Bonchev–Trinajstić information content (AvgIpc) is 2.38. The second-order valence-electron chi connectivity index (χ2n) is 4.83. The Kier molecular flexibility index (Phi) is 3.51. The van der Waals surface area contributed by atoms with Crippen molar-refractivity contribution in [3.8, 4) is 11.5 Å². The van der Waals surface area contributed by atoms with Gasteiger partial charge < -0.3 is 14.2 Å². The fraction of sp³-hybridized carbons (Fsp3) is 0.400. The highest BCUT2D eigenvalue weighted by molar-refractivity contribution is 5.74. The van der Waals surface area contributed by atoms with Gasteiger partial charge in [0.25, 0.3) is 0 Å². The van der Waals surface area contributed by atoms with Crippen LogP contribution in [0.1, 0.15) is 24.5 Å². The molecular formula is C15H18O4. The fourth-order valence-corrected chi connectivity index (χ4v) is 2.21. The lowest BCUT2D eigenvalue weighted by Gasteiger charge is -2.31. The maximum atomic E-state index is 11.4. The normalized spacial score (nSPS) is 20.4. The first-order valence-electron chi connectivity index (χ1n) is 6.12. The molecule has 1 aromatic carbocycles. The molecule has 4 nitrogen and oxygen atoms in total. The molecule has 4 heteroatoms. The highest BCUT2D eigenvalue weighted by atomic mass is 16.5. The van der Waals surface area contributed by atoms with E-state index < -0.39 is 5.60 Å². The van der Waals surface area contributed by atoms with Gasteiger partial charge in [-0.3, -0.25) is 4.79 Å². The summed E-state index contributed by atoms with van der Waals surface area (Å²) in [6.45, 7) is 3.84. The molecule has 1 aliphatic rings. The van der Waals surface area contributed by atoms with Crippen LogP contribution in [0.4, 0.5) is 0 Å². The number of aryl methyl sites for hydroxylation is 1. The number of carbonyl (C=O) groups is 1. The van der Waals surface area contributed by atoms with Crippen molar-refractivity contribution in [1.29, 1.82) is 0 Å². The smallest absolute Gasteiger partial charge is 0.309 e. The van der Waals surface area contributed by atoms with E-state index in [1.807, 2.05) is 38.1 Å². The quantitative estimate of drug-likeness (QED) is 0.786. The molecule has 1 aliphatic heterocycles. The minimum atomic E-state index is -0.680. The number of fused-ring (bicyclic) bond motifs is 1. The summed E-state index contributed by atoms with van der Waals surface area (Å²) in [5.41, 5.74) is 1.27. The summed E-state index contributed by atoms with van der Waals surface area (Å²) < 4.78 is 16.0. The van der Waals surface area contributed by atoms with Crippen molar-refractivity contribution < 1.29 is 19.0 Å². The molecule has 19 heavy (non-hydrogen) atoms. The van der Waals surface area contributed by atoms with Gasteiger partial charge in [0, 0.05) is 0 Å². The number of ether oxygens (including phenoxy) is 3. The van der Waals surface area contributed by atoms with Gasteiger partial charge >= 0.3 is 5.97 Å². The first-order valence-corrected chi connectivity index (χ1v) is 6.12. The highest BCUT2D eigenvalue weighted by Gasteiger charge is 2.32. The zero-order valence-electron chi connectivity index (χ0n) is 11.6. The number of hydrogen-bond acceptors (Lipinski definition) is 4. The second kappa shape index (κ2) is 4.96. The molecule has 0 aromatic heterocycles. The third-order valence-electron chi connectivity index (χ3n) is 3.23. The fourth-order valence-electron chi connectivity index (χ4n) is 2.21. The van der Waals surface area contributed by atoms with Crippen molar-refractivity contribution in [2.45, 2.75) is 25.9 Å². The van der Waals surface area contributed by atoms with E-state index >= 15 is 0 Å². The summed E-state index contributed by atoms with van der Waals surface area (Å²) in [4.78, 5) is 11.4. The lowest BCUT2D eigenvalue weighted by atomic mass is 9.95. The number of esters is 1. The van der Waals surface area contributed by atoms with Crippen LogP contribution in [0.25, 0.3) is 6.08 Å². The Bertz CT molecular complexity index is 533. The van der Waals surface area contributed by atoms with Crippen LogP contribution in [0, 0.1) is 6.92 Å². The second-order valence-corrected chi connectivity index (χ2v) is 4.83. The molecule has 1 heterocycles. The van der Waals surface area contributed by atoms with Crippen LogP contribution in [0.5, 0.6) is 11.5 Å². The minimum absolute atomic E-state index is 0.176. The van der Waals surface area contributed by atoms with Gasteiger partial charge in [0.1, 0.15) is 17.1 Å². The van der Waals surface area contributed by atoms with Crippen LogP contribution in [0.2, 0.25) is 0 Å². The van der Waals surface area contributed by atoms with E-state index in [2.05, 4.69) is 0 Å². The Morgan fingerprint density at radius 2 is 2.11 bits per heavy atom. The van der Waals surface area contributed by atoms with Gasteiger partial charge in [0.15, 0.2) is 0 Å². The summed E-state index contributed by atoms with van der Waals surface area (Å²) in [5, 5.41) is 0. The van der Waals surface area contributed by atoms with Gasteiger partial charge in [-0.2, -0.15) is 0 Å². The molecular weight excluding hydrogens is 244 g/mol. The van der Waals surface area contributed by atoms with Crippen molar-refractivity contribution in [2.75, 3.05) is 14.2 Å². The van der Waals surface area contributed by atoms with E-state index in [1.54, 1.807) is 7.11 Å². The van der Waals surface area contributed by atoms with E-state index in [0.29, 0.717) is 0 Å². The summed E-state index contributed by atoms with van der Waals surface area (Å²) in [6, 6.07) is 3.83. The Hall–Kier alpha value is -1.97. The molecule has 0 saturated heterocycles. The van der Waals surface area contributed by atoms with Gasteiger partial charge in [-0.05, 0) is 37.6 Å². The standard InChI is InChI=1S/C15H18O4/c1-10-5-6-12-11(14(10)18-4)7-8-15(2,19-12)9-13(16)17-3/h5-8H,9H2,1-4H3. The zero-order chi connectivity index (χ0) is 14.0. The SMILES string of the molecule is COC(=O)CC1(C)C=Cc2c(ccc(C)c2OC)O1. The molecule has 1 atom stereocenters. The monoisotopic (exact) mass is 262 g/mol. The Morgan fingerprint density at radius 3 is 2.74 bits per heavy atom. The van der Waals surface area contributed by atoms with Crippen LogP contribution in [0.3, 0.4) is 0 Å². The van der Waals surface area contributed by atoms with Crippen molar-refractivity contribution in [2.24, 2.45) is 0 Å². The number of hydrogen-bond donors (Lipinski definition) is 0. The molecule has 0 fully saturated rings. The first-order chi connectivity index (χ1) is 8.99. The van der Waals surface area contributed by atoms with E-state index in [0.717, 1.165) is 22.6 Å². The average molecular weight is 262 g/mol. The van der Waals surface area contributed by atoms with Crippen LogP contribution in [-0.4, -0.2) is 25.8 Å². The van der Waals surface area contributed by atoms with E-state index in [9.17, 15) is 4.79 Å². The van der Waals surface area contributed by atoms with E-state index in [4.69, 9.17) is 14.2 Å². The summed E-state index contributed by atoms with van der Waals surface area (Å²) in [5.74, 6) is 1.22. The molecule has 1 unspecified atom stereocenters. The molecule has 0 amide bonds. The van der Waals surface area contributed by atoms with Gasteiger partial charge in [-0.25, -0.2) is 0 Å². The minimum Gasteiger partial charge on any atom is -0.496 e. The maximum absolute atomic E-state index is 11.4. The largest absolute Gasteiger partial charge is 0.496 e. The van der Waals surface area contributed by atoms with E-state index in [1.165, 1.54) is 7.11 Å². The molecule has 0 bridgehead atoms. The topological polar surface area (TPSA) is 44.8 Å². The molecule has 0 N–H and O–H groups in total. The molecule has 0 aliphatic carbocycles. The van der Waals surface area contributed by atoms with Crippen LogP contribution in [-0.2, 0) is 9.53 Å². The zero-order valence-corrected chi connectivity index (χ0v) is 11.6. The molecule has 102 valence electrons. The highest BCUT2D eigenvalue weighted by Crippen LogP contribution is 2.39. The number of carbonyl (C=O) groups excluding carboxylic acids is 1. The predicted octanol–water partition coefficient (Wildman–Crippen LogP) is 2.73. The maximum Gasteiger partial charge on any atom is 0.309 e. The summed E-state index contributed by atoms with van der Waals surface area (Å²) in [6.07, 6.45) is 3.98. The third-order valence-corrected chi connectivity index (χ3v) is 3.23. The summed E-state index contributed by atoms with van der Waals surface area (Å²) in [7, 11) is 3.01. The molecule has 0 spiro atoms. The lowest BCUT2D eigenvalue weighted by Crippen LogP contribution is -2.35. The number of benzene rings is 1. The van der Waals surface area contributed by atoms with Crippen molar-refractivity contribution in [1.82, 2.24) is 0 Å². The lowest BCUT2D eigenvalue weighted by molar-refractivity contribution is -0.143. The number of methoxy groups -OCH3 is 2. The Balaban J connectivity index is 2.34. The molecule has 2 rings (SSSR count). The molecule has 0 radical (unpaired) electrons. The Morgan fingerprint density at radius 1 is 1.37 bits per heavy atom. The van der Waals surface area contributed by atoms with Crippen LogP contribution < -0.4 is 9.47 Å². The first kappa shape index (κ1) is 13.5. The van der Waals surface area contributed by atoms with Gasteiger partial charge in [0.2, 0.25) is 0 Å². The van der Waals surface area contributed by atoms with Crippen LogP contribution in [0.15, 0.2) is 18.2 Å². The summed E-state index contributed by atoms with van der Waals surface area (Å²) >= 11 is 0. The van der Waals surface area contributed by atoms with E-state index in [-0.39, 0.29) is 12.4 Å². The molecule has 1 aromatic rings. The Labute approximate surface area is 113 Å². The van der Waals surface area contributed by atoms with Gasteiger partial charge in [-0.1, -0.05) is 6.07 Å². The van der Waals surface area contributed by atoms with Gasteiger partial charge in [0.05, 0.1) is 26.2 Å². The van der Waals surface area contributed by atoms with Crippen molar-refractivity contribution in [3.63, 3.8) is 0 Å². The van der Waals surface area contributed by atoms with Gasteiger partial charge in [-0.15, -0.1) is 0 Å². The van der Waals surface area contributed by atoms with Crippen LogP contribution >= 0.6 is 0 Å². The third kappa shape index (κ3) is 2.57. The number of rotatable bonds is 3. The molecule has 0 saturated carbocycles. The predicted molar refractivity (Wildman–Crippen MR) is 72.4 cm³/mol. The van der Waals surface area contributed by atoms with Crippen molar-refractivity contribution in [3.05, 3.63) is 29.3 Å².